The summed E-state index contributed by atoms with van der Waals surface area (Å²) in [4.78, 5) is 3.21. The number of rotatable bonds is 2. The fourth-order valence-corrected chi connectivity index (χ4v) is 3.93. The van der Waals surface area contributed by atoms with E-state index in [9.17, 15) is 0 Å². The first kappa shape index (κ1) is 11.8. The Labute approximate surface area is 115 Å². The van der Waals surface area contributed by atoms with Gasteiger partial charge in [-0.05, 0) is 49.0 Å². The number of H-pyrrole nitrogens is 1. The zero-order valence-corrected chi connectivity index (χ0v) is 11.5. The molecule has 1 N–H and O–H groups in total. The summed E-state index contributed by atoms with van der Waals surface area (Å²) in [6, 6.07) is 7.85. The second-order valence-corrected chi connectivity index (χ2v) is 6.31. The molecule has 0 radical (unpaired) electrons. The molecule has 1 unspecified atom stereocenters. The number of imidazole rings is 1. The normalized spacial score (nSPS) is 19.2. The third-order valence-electron chi connectivity index (χ3n) is 3.31. The van der Waals surface area contributed by atoms with Gasteiger partial charge in [-0.15, -0.1) is 0 Å². The van der Waals surface area contributed by atoms with Gasteiger partial charge in [0, 0.05) is 11.8 Å². The average molecular weight is 275 g/mol. The summed E-state index contributed by atoms with van der Waals surface area (Å²) in [5.41, 5.74) is 2.75. The summed E-state index contributed by atoms with van der Waals surface area (Å²) in [6.07, 6.45) is 2.56. The van der Waals surface area contributed by atoms with Crippen molar-refractivity contribution < 1.29 is 0 Å². The van der Waals surface area contributed by atoms with Crippen LogP contribution >= 0.6 is 24.0 Å². The zero-order chi connectivity index (χ0) is 12.5. The number of thioether (sulfide) groups is 1. The van der Waals surface area contributed by atoms with Crippen molar-refractivity contribution >= 4 is 35.0 Å². The fraction of sp³-hybridized carbons (Fsp3) is 0.385. The summed E-state index contributed by atoms with van der Waals surface area (Å²) < 4.78 is 2.89. The molecule has 0 amide bonds. The number of nitrogens with zero attached hydrogens (tertiary/aromatic N) is 2. The van der Waals surface area contributed by atoms with Crippen molar-refractivity contribution in [2.24, 2.45) is 0 Å². The standard InChI is InChI=1S/C13H13N3S2/c14-7-9-3-4-11-12(6-9)16(13(17)15-11)8-10-2-1-5-18-10/h3-4,6,10H,1-2,5,8H2,(H,15,17). The maximum absolute atomic E-state index is 8.98. The van der Waals surface area contributed by atoms with Crippen LogP contribution in [0.4, 0.5) is 0 Å². The second-order valence-electron chi connectivity index (χ2n) is 4.52. The van der Waals surface area contributed by atoms with Crippen LogP contribution in [0, 0.1) is 16.1 Å². The van der Waals surface area contributed by atoms with Gasteiger partial charge in [-0.3, -0.25) is 0 Å². The first-order chi connectivity index (χ1) is 8.78. The molecule has 0 bridgehead atoms. The molecule has 0 aliphatic carbocycles. The lowest BCUT2D eigenvalue weighted by Crippen LogP contribution is -2.09. The van der Waals surface area contributed by atoms with Crippen LogP contribution in [0.15, 0.2) is 18.2 Å². The maximum atomic E-state index is 8.98. The molecule has 1 aromatic carbocycles. The molecule has 92 valence electrons. The van der Waals surface area contributed by atoms with Crippen LogP contribution < -0.4 is 0 Å². The van der Waals surface area contributed by atoms with E-state index in [0.717, 1.165) is 22.3 Å². The highest BCUT2D eigenvalue weighted by molar-refractivity contribution is 8.00. The number of hydrogen-bond acceptors (Lipinski definition) is 3. The molecule has 1 aliphatic heterocycles. The summed E-state index contributed by atoms with van der Waals surface area (Å²) in [5, 5.41) is 9.63. The molecule has 5 heteroatoms. The van der Waals surface area contributed by atoms with Crippen molar-refractivity contribution in [3.05, 3.63) is 28.5 Å². The lowest BCUT2D eigenvalue weighted by atomic mass is 10.2. The van der Waals surface area contributed by atoms with Crippen LogP contribution in [0.3, 0.4) is 0 Å². The van der Waals surface area contributed by atoms with E-state index in [2.05, 4.69) is 15.6 Å². The minimum atomic E-state index is 0.654. The van der Waals surface area contributed by atoms with Gasteiger partial charge in [-0.1, -0.05) is 0 Å². The van der Waals surface area contributed by atoms with E-state index in [1.807, 2.05) is 30.0 Å². The Morgan fingerprint density at radius 1 is 1.56 bits per heavy atom. The number of aromatic amines is 1. The highest BCUT2D eigenvalue weighted by atomic mass is 32.2. The van der Waals surface area contributed by atoms with E-state index in [0.29, 0.717) is 10.8 Å². The number of benzene rings is 1. The molecule has 1 atom stereocenters. The van der Waals surface area contributed by atoms with Gasteiger partial charge in [-0.25, -0.2) is 0 Å². The fourth-order valence-electron chi connectivity index (χ4n) is 2.40. The van der Waals surface area contributed by atoms with Crippen molar-refractivity contribution in [3.8, 4) is 6.07 Å². The first-order valence-electron chi connectivity index (χ1n) is 6.02. The van der Waals surface area contributed by atoms with Gasteiger partial charge in [-0.2, -0.15) is 17.0 Å². The van der Waals surface area contributed by atoms with E-state index in [4.69, 9.17) is 17.5 Å². The Morgan fingerprint density at radius 2 is 2.44 bits per heavy atom. The molecule has 0 spiro atoms. The van der Waals surface area contributed by atoms with Crippen molar-refractivity contribution in [2.45, 2.75) is 24.6 Å². The van der Waals surface area contributed by atoms with E-state index in [-0.39, 0.29) is 0 Å². The van der Waals surface area contributed by atoms with Crippen LogP contribution in [0.5, 0.6) is 0 Å². The predicted molar refractivity (Wildman–Crippen MR) is 77.3 cm³/mol. The lowest BCUT2D eigenvalue weighted by molar-refractivity contribution is 0.645. The van der Waals surface area contributed by atoms with Crippen LogP contribution in [-0.2, 0) is 6.54 Å². The Kier molecular flexibility index (Phi) is 3.14. The topological polar surface area (TPSA) is 44.5 Å². The Morgan fingerprint density at radius 3 is 3.17 bits per heavy atom. The molecule has 1 saturated heterocycles. The van der Waals surface area contributed by atoms with Crippen molar-refractivity contribution in [1.82, 2.24) is 9.55 Å². The summed E-state index contributed by atoms with van der Waals surface area (Å²) in [7, 11) is 0. The molecular weight excluding hydrogens is 262 g/mol. The number of nitriles is 1. The summed E-state index contributed by atoms with van der Waals surface area (Å²) in [5.74, 6) is 1.25. The van der Waals surface area contributed by atoms with Crippen molar-refractivity contribution in [3.63, 3.8) is 0 Å². The molecule has 3 nitrogen and oxygen atoms in total. The molecule has 2 heterocycles. The zero-order valence-electron chi connectivity index (χ0n) is 9.85. The van der Waals surface area contributed by atoms with E-state index >= 15 is 0 Å². The molecule has 3 rings (SSSR count). The molecule has 1 aromatic heterocycles. The van der Waals surface area contributed by atoms with Crippen molar-refractivity contribution in [1.29, 1.82) is 5.26 Å². The van der Waals surface area contributed by atoms with E-state index < -0.39 is 0 Å². The minimum absolute atomic E-state index is 0.654. The number of nitrogens with one attached hydrogen (secondary N) is 1. The van der Waals surface area contributed by atoms with Gasteiger partial charge in [0.2, 0.25) is 0 Å². The van der Waals surface area contributed by atoms with Gasteiger partial charge in [0.25, 0.3) is 0 Å². The summed E-state index contributed by atoms with van der Waals surface area (Å²) >= 11 is 7.40. The summed E-state index contributed by atoms with van der Waals surface area (Å²) in [6.45, 7) is 0.943. The first-order valence-corrected chi connectivity index (χ1v) is 7.48. The maximum Gasteiger partial charge on any atom is 0.178 e. The van der Waals surface area contributed by atoms with Gasteiger partial charge < -0.3 is 9.55 Å². The van der Waals surface area contributed by atoms with Gasteiger partial charge in [0.05, 0.1) is 22.7 Å². The predicted octanol–water partition coefficient (Wildman–Crippen LogP) is 3.47. The third kappa shape index (κ3) is 2.06. The van der Waals surface area contributed by atoms with Crippen molar-refractivity contribution in [2.75, 3.05) is 5.75 Å². The average Bonchev–Trinajstić information content (AvgIpc) is 2.99. The number of fused-ring (bicyclic) bond motifs is 1. The SMILES string of the molecule is N#Cc1ccc2[nH]c(=S)n(CC3CCCS3)c2c1. The lowest BCUT2D eigenvalue weighted by Gasteiger charge is -2.10. The van der Waals surface area contributed by atoms with Gasteiger partial charge in [0.15, 0.2) is 4.77 Å². The third-order valence-corrected chi connectivity index (χ3v) is 5.02. The molecule has 2 aromatic rings. The van der Waals surface area contributed by atoms with Crippen LogP contribution in [-0.4, -0.2) is 20.6 Å². The van der Waals surface area contributed by atoms with Crippen LogP contribution in [0.2, 0.25) is 0 Å². The van der Waals surface area contributed by atoms with Gasteiger partial charge >= 0.3 is 0 Å². The highest BCUT2D eigenvalue weighted by Gasteiger charge is 2.17. The van der Waals surface area contributed by atoms with Gasteiger partial charge in [0.1, 0.15) is 0 Å². The Bertz CT molecular complexity index is 672. The van der Waals surface area contributed by atoms with Crippen LogP contribution in [0.25, 0.3) is 11.0 Å². The minimum Gasteiger partial charge on any atom is -0.331 e. The largest absolute Gasteiger partial charge is 0.331 e. The monoisotopic (exact) mass is 275 g/mol. The highest BCUT2D eigenvalue weighted by Crippen LogP contribution is 2.28. The number of hydrogen-bond donors (Lipinski definition) is 1. The Balaban J connectivity index is 2.06. The number of aromatic nitrogens is 2. The molecule has 18 heavy (non-hydrogen) atoms. The molecule has 1 aliphatic rings. The molecular formula is C13H13N3S2. The van der Waals surface area contributed by atoms with E-state index in [1.165, 1.54) is 18.6 Å². The van der Waals surface area contributed by atoms with Crippen LogP contribution in [0.1, 0.15) is 18.4 Å². The smallest absolute Gasteiger partial charge is 0.178 e. The Hall–Kier alpha value is -1.25. The molecule has 1 fully saturated rings. The molecule has 0 saturated carbocycles. The van der Waals surface area contributed by atoms with E-state index in [1.54, 1.807) is 0 Å². The quantitative estimate of drug-likeness (QED) is 0.854. The second kappa shape index (κ2) is 4.79.